The van der Waals surface area contributed by atoms with Crippen LogP contribution >= 0.6 is 0 Å². The van der Waals surface area contributed by atoms with E-state index >= 15 is 0 Å². The minimum atomic E-state index is -0.533. The summed E-state index contributed by atoms with van der Waals surface area (Å²) in [6, 6.07) is 7.65. The number of benzene rings is 1. The summed E-state index contributed by atoms with van der Waals surface area (Å²) in [5, 5.41) is 2.93. The van der Waals surface area contributed by atoms with Crippen LogP contribution in [0, 0.1) is 5.92 Å². The van der Waals surface area contributed by atoms with Gasteiger partial charge in [0.25, 0.3) is 0 Å². The molecule has 0 radical (unpaired) electrons. The lowest BCUT2D eigenvalue weighted by Crippen LogP contribution is -2.40. The van der Waals surface area contributed by atoms with E-state index in [1.807, 2.05) is 45.0 Å². The molecule has 0 bridgehead atoms. The van der Waals surface area contributed by atoms with Crippen LogP contribution in [0.1, 0.15) is 32.8 Å². The summed E-state index contributed by atoms with van der Waals surface area (Å²) in [6.45, 7) is 6.01. The molecule has 0 spiro atoms. The highest BCUT2D eigenvalue weighted by atomic mass is 16.6. The predicted molar refractivity (Wildman–Crippen MR) is 84.1 cm³/mol. The van der Waals surface area contributed by atoms with Gasteiger partial charge in [0.1, 0.15) is 5.60 Å². The van der Waals surface area contributed by atoms with Gasteiger partial charge in [-0.15, -0.1) is 0 Å². The van der Waals surface area contributed by atoms with Crippen LogP contribution in [0.3, 0.4) is 0 Å². The highest BCUT2D eigenvalue weighted by Crippen LogP contribution is 2.39. The number of nitrogens with one attached hydrogen (secondary N) is 1. The number of fused-ring (bicyclic) bond motifs is 3. The van der Waals surface area contributed by atoms with E-state index < -0.39 is 5.60 Å². The van der Waals surface area contributed by atoms with Crippen molar-refractivity contribution in [1.29, 1.82) is 0 Å². The Morgan fingerprint density at radius 1 is 1.32 bits per heavy atom. The number of anilines is 1. The Balaban J connectivity index is 1.94. The van der Waals surface area contributed by atoms with E-state index in [0.29, 0.717) is 13.0 Å². The molecule has 2 amide bonds. The third-order valence-electron chi connectivity index (χ3n) is 3.77. The summed E-state index contributed by atoms with van der Waals surface area (Å²) in [4.78, 5) is 26.0. The summed E-state index contributed by atoms with van der Waals surface area (Å²) in [7, 11) is 0. The van der Waals surface area contributed by atoms with Crippen molar-refractivity contribution in [2.45, 2.75) is 32.8 Å². The van der Waals surface area contributed by atoms with Gasteiger partial charge in [0.15, 0.2) is 0 Å². The number of amides is 2. The fraction of sp³-hybridized carbons (Fsp3) is 0.412. The van der Waals surface area contributed by atoms with Crippen LogP contribution in [-0.2, 0) is 9.53 Å². The fourth-order valence-corrected chi connectivity index (χ4v) is 2.80. The number of hydrogen-bond acceptors (Lipinski definition) is 3. The highest BCUT2D eigenvalue weighted by molar-refractivity contribution is 6.07. The predicted octanol–water partition coefficient (Wildman–Crippen LogP) is 3.24. The molecule has 2 aliphatic heterocycles. The molecule has 116 valence electrons. The van der Waals surface area contributed by atoms with Crippen molar-refractivity contribution in [3.8, 4) is 0 Å². The van der Waals surface area contributed by atoms with Crippen molar-refractivity contribution >= 4 is 23.3 Å². The number of para-hydroxylation sites is 1. The van der Waals surface area contributed by atoms with Gasteiger partial charge in [-0.3, -0.25) is 9.69 Å². The van der Waals surface area contributed by atoms with Gasteiger partial charge < -0.3 is 10.1 Å². The zero-order chi connectivity index (χ0) is 15.9. The molecule has 0 aliphatic carbocycles. The maximum absolute atomic E-state index is 12.2. The zero-order valence-electron chi connectivity index (χ0n) is 13.1. The molecule has 1 unspecified atom stereocenters. The molecule has 2 heterocycles. The largest absolute Gasteiger partial charge is 0.443 e. The molecule has 3 rings (SSSR count). The van der Waals surface area contributed by atoms with Gasteiger partial charge in [-0.05, 0) is 38.8 Å². The molecule has 1 aromatic carbocycles. The van der Waals surface area contributed by atoms with Gasteiger partial charge in [0.05, 0.1) is 5.92 Å². The van der Waals surface area contributed by atoms with E-state index in [-0.39, 0.29) is 17.9 Å². The quantitative estimate of drug-likeness (QED) is 0.800. The van der Waals surface area contributed by atoms with Crippen molar-refractivity contribution in [3.05, 3.63) is 36.0 Å². The van der Waals surface area contributed by atoms with Crippen molar-refractivity contribution in [2.75, 3.05) is 11.9 Å². The Morgan fingerprint density at radius 3 is 2.77 bits per heavy atom. The SMILES string of the molecule is CC(C)(C)OC(=O)N1C=C2c3ccccc3NC(=O)C2CC1. The third kappa shape index (κ3) is 2.71. The minimum Gasteiger partial charge on any atom is -0.443 e. The highest BCUT2D eigenvalue weighted by Gasteiger charge is 2.35. The van der Waals surface area contributed by atoms with Crippen LogP contribution in [0.25, 0.3) is 5.57 Å². The first-order valence-electron chi connectivity index (χ1n) is 7.47. The number of hydrogen-bond donors (Lipinski definition) is 1. The first-order valence-corrected chi connectivity index (χ1v) is 7.47. The number of nitrogens with zero attached hydrogens (tertiary/aromatic N) is 1. The average Bonchev–Trinajstić information content (AvgIpc) is 2.45. The Morgan fingerprint density at radius 2 is 2.05 bits per heavy atom. The first-order chi connectivity index (χ1) is 10.3. The molecule has 0 saturated heterocycles. The lowest BCUT2D eigenvalue weighted by atomic mass is 9.84. The number of ether oxygens (including phenoxy) is 1. The summed E-state index contributed by atoms with van der Waals surface area (Å²) in [5.74, 6) is -0.206. The Hall–Kier alpha value is -2.30. The minimum absolute atomic E-state index is 0.00575. The molecule has 1 N–H and O–H groups in total. The van der Waals surface area contributed by atoms with Crippen LogP contribution in [0.5, 0.6) is 0 Å². The van der Waals surface area contributed by atoms with Gasteiger partial charge >= 0.3 is 6.09 Å². The van der Waals surface area contributed by atoms with Crippen LogP contribution in [0.2, 0.25) is 0 Å². The van der Waals surface area contributed by atoms with E-state index in [9.17, 15) is 9.59 Å². The molecule has 1 aromatic rings. The van der Waals surface area contributed by atoms with Crippen LogP contribution in [0.4, 0.5) is 10.5 Å². The number of carbonyl (C=O) groups excluding carboxylic acids is 2. The van der Waals surface area contributed by atoms with E-state index in [2.05, 4.69) is 5.32 Å². The number of carbonyl (C=O) groups is 2. The summed E-state index contributed by atoms with van der Waals surface area (Å²) < 4.78 is 5.41. The first kappa shape index (κ1) is 14.6. The van der Waals surface area contributed by atoms with Gasteiger partial charge in [0.2, 0.25) is 5.91 Å². The van der Waals surface area contributed by atoms with Gasteiger partial charge in [0, 0.05) is 24.0 Å². The maximum Gasteiger partial charge on any atom is 0.414 e. The topological polar surface area (TPSA) is 58.6 Å². The molecule has 5 nitrogen and oxygen atoms in total. The van der Waals surface area contributed by atoms with E-state index in [0.717, 1.165) is 16.8 Å². The number of rotatable bonds is 0. The van der Waals surface area contributed by atoms with Gasteiger partial charge in [-0.1, -0.05) is 18.2 Å². The molecular weight excluding hydrogens is 280 g/mol. The lowest BCUT2D eigenvalue weighted by Gasteiger charge is -2.35. The van der Waals surface area contributed by atoms with Crippen LogP contribution in [-0.4, -0.2) is 29.0 Å². The summed E-state index contributed by atoms with van der Waals surface area (Å²) >= 11 is 0. The molecule has 0 aromatic heterocycles. The molecular formula is C17H20N2O3. The second kappa shape index (κ2) is 5.16. The second-order valence-electron chi connectivity index (χ2n) is 6.63. The maximum atomic E-state index is 12.2. The normalized spacial score (nSPS) is 20.5. The monoisotopic (exact) mass is 300 g/mol. The molecule has 0 saturated carbocycles. The Kier molecular flexibility index (Phi) is 3.43. The van der Waals surface area contributed by atoms with Gasteiger partial charge in [-0.2, -0.15) is 0 Å². The van der Waals surface area contributed by atoms with E-state index in [1.54, 1.807) is 11.1 Å². The smallest absolute Gasteiger partial charge is 0.414 e. The molecule has 2 aliphatic rings. The van der Waals surface area contributed by atoms with Crippen molar-refractivity contribution < 1.29 is 14.3 Å². The van der Waals surface area contributed by atoms with Crippen LogP contribution in [0.15, 0.2) is 30.5 Å². The van der Waals surface area contributed by atoms with Gasteiger partial charge in [-0.25, -0.2) is 4.79 Å². The average molecular weight is 300 g/mol. The van der Waals surface area contributed by atoms with Crippen molar-refractivity contribution in [1.82, 2.24) is 4.90 Å². The molecule has 1 atom stereocenters. The lowest BCUT2D eigenvalue weighted by molar-refractivity contribution is -0.118. The Labute approximate surface area is 129 Å². The fourth-order valence-electron chi connectivity index (χ4n) is 2.80. The molecule has 5 heteroatoms. The third-order valence-corrected chi connectivity index (χ3v) is 3.77. The van der Waals surface area contributed by atoms with Crippen molar-refractivity contribution in [2.24, 2.45) is 5.92 Å². The second-order valence-corrected chi connectivity index (χ2v) is 6.63. The zero-order valence-corrected chi connectivity index (χ0v) is 13.1. The summed E-state index contributed by atoms with van der Waals surface area (Å²) in [6.07, 6.45) is 1.99. The van der Waals surface area contributed by atoms with Crippen molar-refractivity contribution in [3.63, 3.8) is 0 Å². The van der Waals surface area contributed by atoms with E-state index in [1.165, 1.54) is 0 Å². The van der Waals surface area contributed by atoms with Crippen LogP contribution < -0.4 is 5.32 Å². The summed E-state index contributed by atoms with van der Waals surface area (Å²) in [5.41, 5.74) is 2.12. The standard InChI is InChI=1S/C17H20N2O3/c1-17(2,3)22-16(21)19-9-8-12-13(10-19)11-6-4-5-7-14(11)18-15(12)20/h4-7,10,12H,8-9H2,1-3H3,(H,18,20). The van der Waals surface area contributed by atoms with E-state index in [4.69, 9.17) is 4.74 Å². The molecule has 22 heavy (non-hydrogen) atoms. The Bertz CT molecular complexity index is 658. The molecule has 0 fully saturated rings.